The van der Waals surface area contributed by atoms with E-state index in [1.54, 1.807) is 0 Å². The Morgan fingerprint density at radius 2 is 1.67 bits per heavy atom. The van der Waals surface area contributed by atoms with E-state index in [1.165, 1.54) is 41.5 Å². The van der Waals surface area contributed by atoms with Crippen LogP contribution in [0.1, 0.15) is 48.6 Å². The van der Waals surface area contributed by atoms with Gasteiger partial charge < -0.3 is 0 Å². The third-order valence-corrected chi connectivity index (χ3v) is 4.72. The molecule has 0 radical (unpaired) electrons. The average molecular weight is 280 g/mol. The molecule has 1 unspecified atom stereocenters. The molecule has 1 atom stereocenters. The Morgan fingerprint density at radius 1 is 0.905 bits per heavy atom. The lowest BCUT2D eigenvalue weighted by Crippen LogP contribution is -2.11. The summed E-state index contributed by atoms with van der Waals surface area (Å²) in [6.45, 7) is 6.60. The lowest BCUT2D eigenvalue weighted by atomic mass is 9.86. The van der Waals surface area contributed by atoms with Crippen LogP contribution < -0.4 is 0 Å². The monoisotopic (exact) mass is 280 g/mol. The van der Waals surface area contributed by atoms with Crippen molar-refractivity contribution in [2.75, 3.05) is 0 Å². The molecule has 0 amide bonds. The minimum atomic E-state index is 0.827. The smallest absolute Gasteiger partial charge is 0.0964 e. The second-order valence-electron chi connectivity index (χ2n) is 6.49. The van der Waals surface area contributed by atoms with E-state index < -0.39 is 0 Å². The maximum Gasteiger partial charge on any atom is 0.0964 e. The molecule has 21 heavy (non-hydrogen) atoms. The van der Waals surface area contributed by atoms with Crippen LogP contribution in [0.25, 0.3) is 11.3 Å². The number of hydrogen-bond donors (Lipinski definition) is 0. The van der Waals surface area contributed by atoms with E-state index in [2.05, 4.69) is 55.2 Å². The van der Waals surface area contributed by atoms with Crippen molar-refractivity contribution in [1.82, 2.24) is 10.2 Å². The Hall–Kier alpha value is -1.70. The van der Waals surface area contributed by atoms with Crippen molar-refractivity contribution in [3.63, 3.8) is 0 Å². The number of aryl methyl sites for hydroxylation is 2. The molecule has 0 saturated heterocycles. The molecule has 110 valence electrons. The van der Waals surface area contributed by atoms with Gasteiger partial charge in [-0.2, -0.15) is 5.10 Å². The lowest BCUT2D eigenvalue weighted by molar-refractivity contribution is 0.461. The summed E-state index contributed by atoms with van der Waals surface area (Å²) in [7, 11) is 0. The predicted octanol–water partition coefficient (Wildman–Crippen LogP) is 4.67. The molecule has 2 aromatic rings. The summed E-state index contributed by atoms with van der Waals surface area (Å²) in [4.78, 5) is 0. The molecular formula is C19H24N2. The standard InChI is InChI=1S/C19H24N2/c1-13-5-4-6-18-17(12-9-13)15(3)20-21-19(18)16-10-7-14(2)8-11-16/h7-8,10-11,13H,4-6,9,12H2,1-3H3. The number of benzene rings is 1. The van der Waals surface area contributed by atoms with Crippen molar-refractivity contribution in [1.29, 1.82) is 0 Å². The summed E-state index contributed by atoms with van der Waals surface area (Å²) in [5, 5.41) is 8.97. The zero-order valence-corrected chi connectivity index (χ0v) is 13.3. The molecule has 1 aromatic heterocycles. The molecule has 1 aliphatic carbocycles. The van der Waals surface area contributed by atoms with E-state index in [0.29, 0.717) is 0 Å². The maximum atomic E-state index is 4.53. The van der Waals surface area contributed by atoms with Crippen LogP contribution in [-0.4, -0.2) is 10.2 Å². The fourth-order valence-corrected chi connectivity index (χ4v) is 3.31. The normalized spacial score (nSPS) is 18.7. The van der Waals surface area contributed by atoms with Gasteiger partial charge in [-0.05, 0) is 56.6 Å². The molecule has 0 aliphatic heterocycles. The van der Waals surface area contributed by atoms with Gasteiger partial charge in [0.05, 0.1) is 11.4 Å². The fraction of sp³-hybridized carbons (Fsp3) is 0.474. The van der Waals surface area contributed by atoms with Crippen LogP contribution >= 0.6 is 0 Å². The van der Waals surface area contributed by atoms with Gasteiger partial charge in [-0.1, -0.05) is 43.2 Å². The Morgan fingerprint density at radius 3 is 2.43 bits per heavy atom. The molecular weight excluding hydrogens is 256 g/mol. The molecule has 1 aliphatic rings. The van der Waals surface area contributed by atoms with Crippen LogP contribution in [-0.2, 0) is 12.8 Å². The first-order valence-corrected chi connectivity index (χ1v) is 8.07. The highest BCUT2D eigenvalue weighted by Crippen LogP contribution is 2.31. The van der Waals surface area contributed by atoms with Crippen molar-refractivity contribution in [2.45, 2.75) is 52.9 Å². The summed E-state index contributed by atoms with van der Waals surface area (Å²) >= 11 is 0. The van der Waals surface area contributed by atoms with Crippen LogP contribution in [0.4, 0.5) is 0 Å². The van der Waals surface area contributed by atoms with Crippen molar-refractivity contribution in [3.05, 3.63) is 46.6 Å². The molecule has 3 rings (SSSR count). The number of nitrogens with zero attached hydrogens (tertiary/aromatic N) is 2. The van der Waals surface area contributed by atoms with Crippen molar-refractivity contribution >= 4 is 0 Å². The molecule has 1 aromatic carbocycles. The van der Waals surface area contributed by atoms with Gasteiger partial charge in [-0.15, -0.1) is 5.10 Å². The first kappa shape index (κ1) is 14.2. The van der Waals surface area contributed by atoms with E-state index in [9.17, 15) is 0 Å². The minimum Gasteiger partial charge on any atom is -0.155 e. The Labute approximate surface area is 127 Å². The van der Waals surface area contributed by atoms with E-state index in [4.69, 9.17) is 0 Å². The highest BCUT2D eigenvalue weighted by molar-refractivity contribution is 5.65. The summed E-state index contributed by atoms with van der Waals surface area (Å²) in [5.41, 5.74) is 7.61. The van der Waals surface area contributed by atoms with Gasteiger partial charge in [0.2, 0.25) is 0 Å². The van der Waals surface area contributed by atoms with Crippen molar-refractivity contribution in [2.24, 2.45) is 5.92 Å². The Bertz CT molecular complexity index is 629. The molecule has 2 nitrogen and oxygen atoms in total. The maximum absolute atomic E-state index is 4.53. The molecule has 0 fully saturated rings. The van der Waals surface area contributed by atoms with Crippen LogP contribution in [0.2, 0.25) is 0 Å². The Kier molecular flexibility index (Phi) is 4.05. The van der Waals surface area contributed by atoms with Crippen LogP contribution in [0.15, 0.2) is 24.3 Å². The first-order chi connectivity index (χ1) is 10.1. The van der Waals surface area contributed by atoms with Gasteiger partial charge in [0.15, 0.2) is 0 Å². The highest BCUT2D eigenvalue weighted by atomic mass is 15.1. The fourth-order valence-electron chi connectivity index (χ4n) is 3.31. The third kappa shape index (κ3) is 2.99. The summed E-state index contributed by atoms with van der Waals surface area (Å²) < 4.78 is 0. The topological polar surface area (TPSA) is 25.8 Å². The lowest BCUT2D eigenvalue weighted by Gasteiger charge is -2.21. The number of aromatic nitrogens is 2. The van der Waals surface area contributed by atoms with Crippen LogP contribution in [0.5, 0.6) is 0 Å². The Balaban J connectivity index is 2.08. The third-order valence-electron chi connectivity index (χ3n) is 4.72. The quantitative estimate of drug-likeness (QED) is 0.759. The van der Waals surface area contributed by atoms with Crippen LogP contribution in [0.3, 0.4) is 0 Å². The zero-order chi connectivity index (χ0) is 14.8. The molecule has 0 saturated carbocycles. The summed E-state index contributed by atoms with van der Waals surface area (Å²) in [6, 6.07) is 8.68. The van der Waals surface area contributed by atoms with Gasteiger partial charge in [0.25, 0.3) is 0 Å². The van der Waals surface area contributed by atoms with Crippen LogP contribution in [0, 0.1) is 19.8 Å². The average Bonchev–Trinajstić information content (AvgIpc) is 2.45. The predicted molar refractivity (Wildman–Crippen MR) is 87.4 cm³/mol. The van der Waals surface area contributed by atoms with Crippen molar-refractivity contribution in [3.8, 4) is 11.3 Å². The molecule has 0 bridgehead atoms. The van der Waals surface area contributed by atoms with E-state index in [0.717, 1.165) is 30.1 Å². The van der Waals surface area contributed by atoms with E-state index in [-0.39, 0.29) is 0 Å². The van der Waals surface area contributed by atoms with Gasteiger partial charge in [0, 0.05) is 5.56 Å². The van der Waals surface area contributed by atoms with Gasteiger partial charge in [-0.3, -0.25) is 0 Å². The highest BCUT2D eigenvalue weighted by Gasteiger charge is 2.18. The summed E-state index contributed by atoms with van der Waals surface area (Å²) in [5.74, 6) is 0.827. The van der Waals surface area contributed by atoms with E-state index in [1.807, 2.05) is 0 Å². The van der Waals surface area contributed by atoms with Gasteiger partial charge in [-0.25, -0.2) is 0 Å². The molecule has 2 heteroatoms. The second-order valence-corrected chi connectivity index (χ2v) is 6.49. The molecule has 1 heterocycles. The SMILES string of the molecule is Cc1ccc(-c2nnc(C)c3c2CCCC(C)CC3)cc1. The van der Waals surface area contributed by atoms with E-state index >= 15 is 0 Å². The number of fused-ring (bicyclic) bond motifs is 1. The largest absolute Gasteiger partial charge is 0.155 e. The number of hydrogen-bond acceptors (Lipinski definition) is 2. The minimum absolute atomic E-state index is 0.827. The van der Waals surface area contributed by atoms with Gasteiger partial charge >= 0.3 is 0 Å². The zero-order valence-electron chi connectivity index (χ0n) is 13.3. The summed E-state index contributed by atoms with van der Waals surface area (Å²) in [6.07, 6.45) is 6.15. The van der Waals surface area contributed by atoms with Crippen molar-refractivity contribution < 1.29 is 0 Å². The molecule has 0 spiro atoms. The van der Waals surface area contributed by atoms with Gasteiger partial charge in [0.1, 0.15) is 0 Å². The molecule has 0 N–H and O–H groups in total. The first-order valence-electron chi connectivity index (χ1n) is 8.07. The second kappa shape index (κ2) is 5.97. The number of rotatable bonds is 1.